The Bertz CT molecular complexity index is 1080. The summed E-state index contributed by atoms with van der Waals surface area (Å²) in [5, 5.41) is 2.74. The van der Waals surface area contributed by atoms with Crippen molar-refractivity contribution in [1.82, 2.24) is 10.2 Å². The minimum Gasteiger partial charge on any atom is -0.484 e. The Kier molecular flexibility index (Phi) is 6.54. The molecule has 2 heterocycles. The van der Waals surface area contributed by atoms with Crippen LogP contribution in [0.3, 0.4) is 0 Å². The number of nitrogens with zero attached hydrogens (tertiary/aromatic N) is 1. The average molecular weight is 436 g/mol. The van der Waals surface area contributed by atoms with Crippen LogP contribution >= 0.6 is 0 Å². The molecule has 0 saturated heterocycles. The first-order valence-corrected chi connectivity index (χ1v) is 10.6. The second-order valence-electron chi connectivity index (χ2n) is 7.65. The van der Waals surface area contributed by atoms with E-state index in [0.29, 0.717) is 31.0 Å². The van der Waals surface area contributed by atoms with E-state index < -0.39 is 0 Å². The van der Waals surface area contributed by atoms with Crippen LogP contribution < -0.4 is 10.1 Å². The van der Waals surface area contributed by atoms with Gasteiger partial charge < -0.3 is 19.4 Å². The SMILES string of the molecule is CCC(=O)N1CCc2ccc(OCC(=O)NCc3ccco3)cc2[C@@H]1c1ccc(F)cc1. The second kappa shape index (κ2) is 9.68. The highest BCUT2D eigenvalue weighted by Crippen LogP contribution is 2.37. The molecule has 32 heavy (non-hydrogen) atoms. The number of carbonyl (C=O) groups is 2. The van der Waals surface area contributed by atoms with Crippen LogP contribution in [0.1, 0.15) is 41.8 Å². The van der Waals surface area contributed by atoms with Crippen molar-refractivity contribution < 1.29 is 23.1 Å². The van der Waals surface area contributed by atoms with Crippen molar-refractivity contribution in [3.8, 4) is 5.75 Å². The maximum Gasteiger partial charge on any atom is 0.258 e. The molecule has 6 nitrogen and oxygen atoms in total. The Balaban J connectivity index is 1.53. The lowest BCUT2D eigenvalue weighted by Crippen LogP contribution is -2.40. The Morgan fingerprint density at radius 3 is 2.72 bits per heavy atom. The Hall–Kier alpha value is -3.61. The lowest BCUT2D eigenvalue weighted by Gasteiger charge is -2.38. The van der Waals surface area contributed by atoms with Crippen LogP contribution in [0.4, 0.5) is 4.39 Å². The van der Waals surface area contributed by atoms with Crippen molar-refractivity contribution >= 4 is 11.8 Å². The monoisotopic (exact) mass is 436 g/mol. The zero-order valence-corrected chi connectivity index (χ0v) is 17.8. The van der Waals surface area contributed by atoms with Crippen molar-refractivity contribution in [3.05, 3.63) is 89.1 Å². The molecule has 166 valence electrons. The first-order chi connectivity index (χ1) is 15.5. The van der Waals surface area contributed by atoms with Gasteiger partial charge in [0.15, 0.2) is 6.61 Å². The van der Waals surface area contributed by atoms with Crippen molar-refractivity contribution in [2.24, 2.45) is 0 Å². The van der Waals surface area contributed by atoms with Gasteiger partial charge >= 0.3 is 0 Å². The molecule has 0 unspecified atom stereocenters. The fraction of sp³-hybridized carbons (Fsp3) is 0.280. The van der Waals surface area contributed by atoms with Gasteiger partial charge in [0, 0.05) is 13.0 Å². The lowest BCUT2D eigenvalue weighted by atomic mass is 9.87. The number of hydrogen-bond acceptors (Lipinski definition) is 4. The van der Waals surface area contributed by atoms with Gasteiger partial charge in [-0.1, -0.05) is 25.1 Å². The van der Waals surface area contributed by atoms with E-state index in [2.05, 4.69) is 5.32 Å². The van der Waals surface area contributed by atoms with Crippen molar-refractivity contribution in [2.45, 2.75) is 32.4 Å². The third-order valence-electron chi connectivity index (χ3n) is 5.56. The molecule has 1 aliphatic heterocycles. The van der Waals surface area contributed by atoms with E-state index in [-0.39, 0.29) is 30.3 Å². The number of nitrogens with one attached hydrogen (secondary N) is 1. The van der Waals surface area contributed by atoms with E-state index in [1.54, 1.807) is 30.5 Å². The number of benzene rings is 2. The van der Waals surface area contributed by atoms with Crippen molar-refractivity contribution in [1.29, 1.82) is 0 Å². The Labute approximate surface area is 186 Å². The molecule has 2 amide bonds. The molecule has 0 fully saturated rings. The molecular weight excluding hydrogens is 411 g/mol. The van der Waals surface area contributed by atoms with E-state index >= 15 is 0 Å². The number of fused-ring (bicyclic) bond motifs is 1. The van der Waals surface area contributed by atoms with Crippen LogP contribution in [-0.2, 0) is 22.6 Å². The summed E-state index contributed by atoms with van der Waals surface area (Å²) in [6, 6.07) is 15.1. The lowest BCUT2D eigenvalue weighted by molar-refractivity contribution is -0.133. The van der Waals surface area contributed by atoms with E-state index in [9.17, 15) is 14.0 Å². The molecule has 2 aromatic carbocycles. The summed E-state index contributed by atoms with van der Waals surface area (Å²) in [4.78, 5) is 26.6. The summed E-state index contributed by atoms with van der Waals surface area (Å²) in [5.41, 5.74) is 2.87. The minimum atomic E-state index is -0.330. The van der Waals surface area contributed by atoms with Crippen LogP contribution in [0, 0.1) is 5.82 Å². The summed E-state index contributed by atoms with van der Waals surface area (Å²) in [6.07, 6.45) is 2.66. The largest absolute Gasteiger partial charge is 0.484 e. The summed E-state index contributed by atoms with van der Waals surface area (Å²) < 4.78 is 24.4. The number of ether oxygens (including phenoxy) is 1. The first-order valence-electron chi connectivity index (χ1n) is 10.6. The van der Waals surface area contributed by atoms with Gasteiger partial charge in [-0.25, -0.2) is 4.39 Å². The highest BCUT2D eigenvalue weighted by molar-refractivity contribution is 5.78. The molecular formula is C25H25FN2O4. The number of hydrogen-bond donors (Lipinski definition) is 1. The smallest absolute Gasteiger partial charge is 0.258 e. The van der Waals surface area contributed by atoms with Gasteiger partial charge in [0.2, 0.25) is 5.91 Å². The van der Waals surface area contributed by atoms with E-state index in [4.69, 9.17) is 9.15 Å². The van der Waals surface area contributed by atoms with Gasteiger partial charge in [-0.2, -0.15) is 0 Å². The molecule has 0 radical (unpaired) electrons. The number of carbonyl (C=O) groups excluding carboxylic acids is 2. The predicted molar refractivity (Wildman–Crippen MR) is 116 cm³/mol. The molecule has 1 aromatic heterocycles. The zero-order valence-electron chi connectivity index (χ0n) is 17.8. The summed E-state index contributed by atoms with van der Waals surface area (Å²) in [7, 11) is 0. The molecule has 0 spiro atoms. The van der Waals surface area contributed by atoms with Crippen LogP contribution in [0.5, 0.6) is 5.75 Å². The predicted octanol–water partition coefficient (Wildman–Crippen LogP) is 4.00. The molecule has 3 aromatic rings. The third kappa shape index (κ3) is 4.82. The molecule has 0 aliphatic carbocycles. The highest BCUT2D eigenvalue weighted by Gasteiger charge is 2.31. The molecule has 1 N–H and O–H groups in total. The van der Waals surface area contributed by atoms with E-state index in [1.165, 1.54) is 12.1 Å². The maximum absolute atomic E-state index is 13.5. The summed E-state index contributed by atoms with van der Waals surface area (Å²) in [6.45, 7) is 2.58. The average Bonchev–Trinajstić information content (AvgIpc) is 3.34. The second-order valence-corrected chi connectivity index (χ2v) is 7.65. The van der Waals surface area contributed by atoms with Gasteiger partial charge in [-0.05, 0) is 59.5 Å². The van der Waals surface area contributed by atoms with Gasteiger partial charge in [0.1, 0.15) is 17.3 Å². The van der Waals surface area contributed by atoms with Gasteiger partial charge in [0.25, 0.3) is 5.91 Å². The summed E-state index contributed by atoms with van der Waals surface area (Å²) in [5.74, 6) is 0.645. The van der Waals surface area contributed by atoms with Crippen LogP contribution in [0.15, 0.2) is 65.3 Å². The fourth-order valence-corrected chi connectivity index (χ4v) is 3.96. The van der Waals surface area contributed by atoms with Gasteiger partial charge in [-0.15, -0.1) is 0 Å². The van der Waals surface area contributed by atoms with Crippen LogP contribution in [0.2, 0.25) is 0 Å². The minimum absolute atomic E-state index is 0.0357. The van der Waals surface area contributed by atoms with Crippen molar-refractivity contribution in [3.63, 3.8) is 0 Å². The van der Waals surface area contributed by atoms with Gasteiger partial charge in [-0.3, -0.25) is 9.59 Å². The van der Waals surface area contributed by atoms with Crippen molar-refractivity contribution in [2.75, 3.05) is 13.2 Å². The molecule has 0 bridgehead atoms. The molecule has 1 aliphatic rings. The molecule has 7 heteroatoms. The molecule has 1 atom stereocenters. The van der Waals surface area contributed by atoms with Gasteiger partial charge in [0.05, 0.1) is 18.8 Å². The number of rotatable bonds is 7. The maximum atomic E-state index is 13.5. The zero-order chi connectivity index (χ0) is 22.5. The first kappa shape index (κ1) is 21.6. The third-order valence-corrected chi connectivity index (χ3v) is 5.56. The Morgan fingerprint density at radius 1 is 1.19 bits per heavy atom. The molecule has 0 saturated carbocycles. The normalized spacial score (nSPS) is 15.2. The molecule has 4 rings (SSSR count). The highest BCUT2D eigenvalue weighted by atomic mass is 19.1. The number of amides is 2. The standard InChI is InChI=1S/C25H25FN2O4/c1-2-24(30)28-12-11-17-7-10-20(32-16-23(29)27-15-21-4-3-13-31-21)14-22(17)25(28)18-5-8-19(26)9-6-18/h3-10,13-14,25H,2,11-12,15-16H2,1H3,(H,27,29)/t25-/m0/s1. The Morgan fingerprint density at radius 2 is 2.00 bits per heavy atom. The summed E-state index contributed by atoms with van der Waals surface area (Å²) >= 11 is 0. The number of furan rings is 1. The van der Waals surface area contributed by atoms with E-state index in [0.717, 1.165) is 23.1 Å². The number of halogens is 1. The van der Waals surface area contributed by atoms with Crippen LogP contribution in [-0.4, -0.2) is 29.9 Å². The topological polar surface area (TPSA) is 71.8 Å². The quantitative estimate of drug-likeness (QED) is 0.608. The van der Waals surface area contributed by atoms with Crippen LogP contribution in [0.25, 0.3) is 0 Å². The van der Waals surface area contributed by atoms with E-state index in [1.807, 2.05) is 30.0 Å². The fourth-order valence-electron chi connectivity index (χ4n) is 3.96.